The minimum Gasteiger partial charge on any atom is -0.345 e. The van der Waals surface area contributed by atoms with E-state index < -0.39 is 23.1 Å². The maximum absolute atomic E-state index is 13.5. The second-order valence-electron chi connectivity index (χ2n) is 4.80. The summed E-state index contributed by atoms with van der Waals surface area (Å²) in [5.41, 5.74) is -0.312. The third-order valence-corrected chi connectivity index (χ3v) is 3.95. The predicted octanol–water partition coefficient (Wildman–Crippen LogP) is 3.16. The first-order valence-corrected chi connectivity index (χ1v) is 6.35. The van der Waals surface area contributed by atoms with E-state index in [4.69, 9.17) is 11.6 Å². The van der Waals surface area contributed by atoms with Crippen LogP contribution in [0, 0.1) is 18.6 Å². The number of hydrogen-bond donors (Lipinski definition) is 1. The number of benzene rings is 1. The molecule has 0 heterocycles. The molecule has 1 aliphatic carbocycles. The molecule has 0 spiro atoms. The summed E-state index contributed by atoms with van der Waals surface area (Å²) in [4.78, 5) is 12.0. The van der Waals surface area contributed by atoms with Crippen molar-refractivity contribution in [1.29, 1.82) is 0 Å². The maximum Gasteiger partial charge on any atom is 0.254 e. The number of rotatable bonds is 3. The third-order valence-electron chi connectivity index (χ3n) is 3.44. The number of alkyl halides is 1. The third kappa shape index (κ3) is 2.34. The van der Waals surface area contributed by atoms with Crippen molar-refractivity contribution in [2.45, 2.75) is 31.7 Å². The van der Waals surface area contributed by atoms with Crippen LogP contribution in [-0.2, 0) is 0 Å². The van der Waals surface area contributed by atoms with Gasteiger partial charge in [-0.25, -0.2) is 8.78 Å². The van der Waals surface area contributed by atoms with Crippen LogP contribution in [-0.4, -0.2) is 17.3 Å². The second-order valence-corrected chi connectivity index (χ2v) is 5.07. The predicted molar refractivity (Wildman–Crippen MR) is 65.9 cm³/mol. The van der Waals surface area contributed by atoms with Crippen molar-refractivity contribution in [3.63, 3.8) is 0 Å². The summed E-state index contributed by atoms with van der Waals surface area (Å²) in [6.45, 7) is 1.49. The standard InChI is InChI=1S/C13H14ClF2NO/c1-8-5-9(11(16)6-10(8)15)12(18)17-13(7-14)3-2-4-13/h5-6H,2-4,7H2,1H3,(H,17,18). The average molecular weight is 274 g/mol. The van der Waals surface area contributed by atoms with Crippen LogP contribution in [0.2, 0.25) is 0 Å². The lowest BCUT2D eigenvalue weighted by Crippen LogP contribution is -2.55. The number of amides is 1. The van der Waals surface area contributed by atoms with Gasteiger partial charge in [0.05, 0.1) is 11.1 Å². The Labute approximate surface area is 109 Å². The Morgan fingerprint density at radius 3 is 2.56 bits per heavy atom. The van der Waals surface area contributed by atoms with Crippen LogP contribution in [0.3, 0.4) is 0 Å². The molecule has 0 aliphatic heterocycles. The van der Waals surface area contributed by atoms with Crippen LogP contribution in [0.5, 0.6) is 0 Å². The normalized spacial score (nSPS) is 17.1. The Morgan fingerprint density at radius 2 is 2.06 bits per heavy atom. The first-order valence-electron chi connectivity index (χ1n) is 5.81. The number of nitrogens with one attached hydrogen (secondary N) is 1. The van der Waals surface area contributed by atoms with Gasteiger partial charge < -0.3 is 5.32 Å². The van der Waals surface area contributed by atoms with E-state index in [9.17, 15) is 13.6 Å². The van der Waals surface area contributed by atoms with Gasteiger partial charge in [0, 0.05) is 11.9 Å². The zero-order valence-corrected chi connectivity index (χ0v) is 10.8. The zero-order valence-electron chi connectivity index (χ0n) is 10.0. The molecule has 2 nitrogen and oxygen atoms in total. The lowest BCUT2D eigenvalue weighted by molar-refractivity contribution is 0.0849. The molecule has 1 amide bonds. The molecule has 0 aromatic heterocycles. The van der Waals surface area contributed by atoms with Gasteiger partial charge in [-0.05, 0) is 37.8 Å². The Balaban J connectivity index is 2.21. The van der Waals surface area contributed by atoms with Crippen LogP contribution < -0.4 is 5.32 Å². The van der Waals surface area contributed by atoms with E-state index in [2.05, 4.69) is 5.32 Å². The molecule has 1 fully saturated rings. The monoisotopic (exact) mass is 273 g/mol. The molecule has 1 aromatic carbocycles. The van der Waals surface area contributed by atoms with Crippen molar-refractivity contribution in [1.82, 2.24) is 5.32 Å². The van der Waals surface area contributed by atoms with Gasteiger partial charge in [-0.15, -0.1) is 11.6 Å². The highest BCUT2D eigenvalue weighted by molar-refractivity contribution is 6.19. The van der Waals surface area contributed by atoms with Crippen LogP contribution in [0.1, 0.15) is 35.2 Å². The van der Waals surface area contributed by atoms with E-state index >= 15 is 0 Å². The second kappa shape index (κ2) is 4.84. The minimum atomic E-state index is -0.848. The number of halogens is 3. The van der Waals surface area contributed by atoms with Gasteiger partial charge in [0.25, 0.3) is 5.91 Å². The van der Waals surface area contributed by atoms with Gasteiger partial charge in [0.1, 0.15) is 11.6 Å². The summed E-state index contributed by atoms with van der Waals surface area (Å²) in [6.07, 6.45) is 2.59. The molecule has 1 aliphatic rings. The molecule has 98 valence electrons. The minimum absolute atomic E-state index is 0.134. The Morgan fingerprint density at radius 1 is 1.39 bits per heavy atom. The molecule has 0 bridgehead atoms. The van der Waals surface area contributed by atoms with Crippen molar-refractivity contribution in [3.05, 3.63) is 34.9 Å². The van der Waals surface area contributed by atoms with Gasteiger partial charge in [-0.3, -0.25) is 4.79 Å². The SMILES string of the molecule is Cc1cc(C(=O)NC2(CCl)CCC2)c(F)cc1F. The van der Waals surface area contributed by atoms with Crippen molar-refractivity contribution in [2.75, 3.05) is 5.88 Å². The van der Waals surface area contributed by atoms with Crippen molar-refractivity contribution in [2.24, 2.45) is 0 Å². The Hall–Kier alpha value is -1.16. The van der Waals surface area contributed by atoms with Gasteiger partial charge in [0.15, 0.2) is 0 Å². The van der Waals surface area contributed by atoms with Crippen LogP contribution in [0.15, 0.2) is 12.1 Å². The van der Waals surface area contributed by atoms with Crippen molar-refractivity contribution in [3.8, 4) is 0 Å². The topological polar surface area (TPSA) is 29.1 Å². The average Bonchev–Trinajstić information content (AvgIpc) is 2.28. The van der Waals surface area contributed by atoms with E-state index in [-0.39, 0.29) is 11.1 Å². The summed E-state index contributed by atoms with van der Waals surface area (Å²) >= 11 is 5.82. The summed E-state index contributed by atoms with van der Waals surface area (Å²) in [5.74, 6) is -1.73. The fourth-order valence-electron chi connectivity index (χ4n) is 2.04. The van der Waals surface area contributed by atoms with Gasteiger partial charge in [-0.2, -0.15) is 0 Å². The maximum atomic E-state index is 13.5. The van der Waals surface area contributed by atoms with E-state index in [1.807, 2.05) is 0 Å². The number of carbonyl (C=O) groups excluding carboxylic acids is 1. The molecule has 1 saturated carbocycles. The smallest absolute Gasteiger partial charge is 0.254 e. The Bertz CT molecular complexity index is 481. The highest BCUT2D eigenvalue weighted by atomic mass is 35.5. The molecule has 0 atom stereocenters. The van der Waals surface area contributed by atoms with E-state index in [1.54, 1.807) is 0 Å². The lowest BCUT2D eigenvalue weighted by atomic mass is 9.78. The molecule has 0 saturated heterocycles. The van der Waals surface area contributed by atoms with E-state index in [1.165, 1.54) is 13.0 Å². The summed E-state index contributed by atoms with van der Waals surface area (Å²) < 4.78 is 26.7. The summed E-state index contributed by atoms with van der Waals surface area (Å²) in [7, 11) is 0. The summed E-state index contributed by atoms with van der Waals surface area (Å²) in [6, 6.07) is 1.96. The molecule has 0 radical (unpaired) electrons. The van der Waals surface area contributed by atoms with Crippen LogP contribution in [0.25, 0.3) is 0 Å². The number of aryl methyl sites for hydroxylation is 1. The van der Waals surface area contributed by atoms with Gasteiger partial charge in [0.2, 0.25) is 0 Å². The van der Waals surface area contributed by atoms with E-state index in [0.717, 1.165) is 25.3 Å². The van der Waals surface area contributed by atoms with Gasteiger partial charge >= 0.3 is 0 Å². The lowest BCUT2D eigenvalue weighted by Gasteiger charge is -2.41. The molecule has 0 unspecified atom stereocenters. The highest BCUT2D eigenvalue weighted by Crippen LogP contribution is 2.33. The van der Waals surface area contributed by atoms with Crippen molar-refractivity contribution < 1.29 is 13.6 Å². The highest BCUT2D eigenvalue weighted by Gasteiger charge is 2.38. The van der Waals surface area contributed by atoms with Gasteiger partial charge in [-0.1, -0.05) is 0 Å². The fraction of sp³-hybridized carbons (Fsp3) is 0.462. The molecule has 1 N–H and O–H groups in total. The summed E-state index contributed by atoms with van der Waals surface area (Å²) in [5, 5.41) is 2.75. The largest absolute Gasteiger partial charge is 0.345 e. The zero-order chi connectivity index (χ0) is 13.3. The Kier molecular flexibility index (Phi) is 3.57. The molecule has 5 heteroatoms. The number of hydrogen-bond acceptors (Lipinski definition) is 1. The first kappa shape index (κ1) is 13.3. The van der Waals surface area contributed by atoms with Crippen LogP contribution >= 0.6 is 11.6 Å². The molecule has 18 heavy (non-hydrogen) atoms. The molecular weight excluding hydrogens is 260 g/mol. The number of carbonyl (C=O) groups is 1. The quantitative estimate of drug-likeness (QED) is 0.842. The van der Waals surface area contributed by atoms with Crippen LogP contribution in [0.4, 0.5) is 8.78 Å². The first-order chi connectivity index (χ1) is 8.47. The molecule has 1 aromatic rings. The van der Waals surface area contributed by atoms with Crippen molar-refractivity contribution >= 4 is 17.5 Å². The fourth-order valence-corrected chi connectivity index (χ4v) is 2.37. The van der Waals surface area contributed by atoms with E-state index in [0.29, 0.717) is 5.88 Å². The molecular formula is C13H14ClF2NO. The molecule has 2 rings (SSSR count).